The summed E-state index contributed by atoms with van der Waals surface area (Å²) in [5, 5.41) is 4.01. The fraction of sp³-hybridized carbons (Fsp3) is 0.263. The highest BCUT2D eigenvalue weighted by Gasteiger charge is 2.19. The van der Waals surface area contributed by atoms with E-state index in [4.69, 9.17) is 4.74 Å². The summed E-state index contributed by atoms with van der Waals surface area (Å²) in [7, 11) is 0. The van der Waals surface area contributed by atoms with E-state index in [0.29, 0.717) is 11.9 Å². The van der Waals surface area contributed by atoms with Gasteiger partial charge in [0.05, 0.1) is 12.0 Å². The molecule has 1 heterocycles. The molecule has 1 aliphatic rings. The summed E-state index contributed by atoms with van der Waals surface area (Å²) in [6.07, 6.45) is 1.98. The third kappa shape index (κ3) is 6.07. The fourth-order valence-electron chi connectivity index (χ4n) is 2.19. The van der Waals surface area contributed by atoms with E-state index in [-0.39, 0.29) is 5.91 Å². The highest BCUT2D eigenvalue weighted by molar-refractivity contribution is 9.10. The standard InChI is InChI=1S/C19H19BrN2O2S2/c20-18-4-2-1-3-15(18)10-25-13-19(23)22-21-9-14-5-7-16(8-6-14)24-17-11-26-12-17/h1-9,17H,10-13H2,(H,22,23). The minimum Gasteiger partial charge on any atom is -0.489 e. The molecule has 1 saturated heterocycles. The van der Waals surface area contributed by atoms with Gasteiger partial charge in [0.1, 0.15) is 11.9 Å². The van der Waals surface area contributed by atoms with E-state index < -0.39 is 0 Å². The highest BCUT2D eigenvalue weighted by atomic mass is 79.9. The summed E-state index contributed by atoms with van der Waals surface area (Å²) in [6, 6.07) is 15.7. The first-order chi connectivity index (χ1) is 12.7. The van der Waals surface area contributed by atoms with Gasteiger partial charge in [0.15, 0.2) is 0 Å². The average molecular weight is 451 g/mol. The number of rotatable bonds is 8. The molecule has 136 valence electrons. The van der Waals surface area contributed by atoms with Crippen LogP contribution in [0.5, 0.6) is 5.75 Å². The van der Waals surface area contributed by atoms with Gasteiger partial charge in [0.2, 0.25) is 5.91 Å². The van der Waals surface area contributed by atoms with Crippen molar-refractivity contribution in [1.29, 1.82) is 0 Å². The van der Waals surface area contributed by atoms with Gasteiger partial charge >= 0.3 is 0 Å². The summed E-state index contributed by atoms with van der Waals surface area (Å²) in [5.41, 5.74) is 4.66. The first-order valence-electron chi connectivity index (χ1n) is 8.18. The Balaban J connectivity index is 1.37. The van der Waals surface area contributed by atoms with Gasteiger partial charge in [-0.25, -0.2) is 5.43 Å². The van der Waals surface area contributed by atoms with E-state index in [1.807, 2.05) is 60.3 Å². The topological polar surface area (TPSA) is 50.7 Å². The Labute approximate surface area is 170 Å². The lowest BCUT2D eigenvalue weighted by Gasteiger charge is -2.25. The molecule has 7 heteroatoms. The van der Waals surface area contributed by atoms with Crippen LogP contribution >= 0.6 is 39.5 Å². The van der Waals surface area contributed by atoms with Crippen molar-refractivity contribution in [2.75, 3.05) is 17.3 Å². The van der Waals surface area contributed by atoms with Crippen molar-refractivity contribution in [3.05, 3.63) is 64.1 Å². The normalized spacial score (nSPS) is 14.2. The van der Waals surface area contributed by atoms with Crippen LogP contribution in [0.25, 0.3) is 0 Å². The van der Waals surface area contributed by atoms with Crippen LogP contribution in [-0.2, 0) is 10.5 Å². The van der Waals surface area contributed by atoms with E-state index >= 15 is 0 Å². The molecule has 0 radical (unpaired) electrons. The monoisotopic (exact) mass is 450 g/mol. The number of thioether (sulfide) groups is 2. The van der Waals surface area contributed by atoms with Gasteiger partial charge in [-0.1, -0.05) is 34.1 Å². The van der Waals surface area contributed by atoms with Crippen LogP contribution in [0.1, 0.15) is 11.1 Å². The van der Waals surface area contributed by atoms with E-state index in [0.717, 1.165) is 33.0 Å². The number of hydrogen-bond acceptors (Lipinski definition) is 5. The van der Waals surface area contributed by atoms with E-state index in [1.165, 1.54) is 5.56 Å². The maximum atomic E-state index is 11.8. The first-order valence-corrected chi connectivity index (χ1v) is 11.3. The van der Waals surface area contributed by atoms with Gasteiger partial charge in [0, 0.05) is 21.7 Å². The molecule has 4 nitrogen and oxygen atoms in total. The molecule has 1 fully saturated rings. The van der Waals surface area contributed by atoms with Gasteiger partial charge in [-0.05, 0) is 41.5 Å². The summed E-state index contributed by atoms with van der Waals surface area (Å²) in [6.45, 7) is 0. The lowest BCUT2D eigenvalue weighted by Crippen LogP contribution is -2.30. The molecule has 0 saturated carbocycles. The number of nitrogens with zero attached hydrogens (tertiary/aromatic N) is 1. The van der Waals surface area contributed by atoms with Crippen LogP contribution in [0.15, 0.2) is 58.1 Å². The van der Waals surface area contributed by atoms with Crippen LogP contribution in [-0.4, -0.2) is 35.5 Å². The third-order valence-electron chi connectivity index (χ3n) is 3.64. The molecule has 0 aliphatic carbocycles. The Hall–Kier alpha value is -1.44. The number of ether oxygens (including phenoxy) is 1. The summed E-state index contributed by atoms with van der Waals surface area (Å²) in [5.74, 6) is 4.04. The van der Waals surface area contributed by atoms with E-state index in [1.54, 1.807) is 18.0 Å². The second kappa shape index (κ2) is 10.0. The van der Waals surface area contributed by atoms with Crippen molar-refractivity contribution in [2.45, 2.75) is 11.9 Å². The predicted molar refractivity (Wildman–Crippen MR) is 114 cm³/mol. The second-order valence-corrected chi connectivity index (χ2v) is 8.64. The number of nitrogens with one attached hydrogen (secondary N) is 1. The number of carbonyl (C=O) groups excluding carboxylic acids is 1. The number of carbonyl (C=O) groups is 1. The van der Waals surface area contributed by atoms with Crippen molar-refractivity contribution in [2.24, 2.45) is 5.10 Å². The van der Waals surface area contributed by atoms with Crippen LogP contribution in [0.2, 0.25) is 0 Å². The SMILES string of the molecule is O=C(CSCc1ccccc1Br)NN=Cc1ccc(OC2CSC2)cc1. The van der Waals surface area contributed by atoms with Gasteiger partial charge in [0.25, 0.3) is 0 Å². The van der Waals surface area contributed by atoms with Crippen molar-refractivity contribution in [3.8, 4) is 5.75 Å². The van der Waals surface area contributed by atoms with E-state index in [2.05, 4.69) is 26.5 Å². The minimum absolute atomic E-state index is 0.110. The molecule has 1 amide bonds. The smallest absolute Gasteiger partial charge is 0.250 e. The van der Waals surface area contributed by atoms with Gasteiger partial charge in [-0.15, -0.1) is 11.8 Å². The summed E-state index contributed by atoms with van der Waals surface area (Å²) >= 11 is 6.96. The van der Waals surface area contributed by atoms with Crippen molar-refractivity contribution in [1.82, 2.24) is 5.43 Å². The maximum absolute atomic E-state index is 11.8. The molecule has 3 rings (SSSR count). The number of amides is 1. The first kappa shape index (κ1) is 19.3. The molecule has 2 aromatic carbocycles. The lowest BCUT2D eigenvalue weighted by molar-refractivity contribution is -0.118. The number of halogens is 1. The Kier molecular flexibility index (Phi) is 7.46. The van der Waals surface area contributed by atoms with Crippen LogP contribution in [0.4, 0.5) is 0 Å². The fourth-order valence-corrected chi connectivity index (χ4v) is 4.19. The highest BCUT2D eigenvalue weighted by Crippen LogP contribution is 2.24. The number of hydrazone groups is 1. The third-order valence-corrected chi connectivity index (χ3v) is 6.61. The second-order valence-electron chi connectivity index (χ2n) is 5.72. The minimum atomic E-state index is -0.110. The molecule has 2 aromatic rings. The Bertz CT molecular complexity index is 764. The molecule has 0 unspecified atom stereocenters. The van der Waals surface area contributed by atoms with Gasteiger partial charge < -0.3 is 4.74 Å². The zero-order valence-corrected chi connectivity index (χ0v) is 17.3. The Morgan fingerprint density at radius 3 is 2.73 bits per heavy atom. The maximum Gasteiger partial charge on any atom is 0.250 e. The molecular formula is C19H19BrN2O2S2. The average Bonchev–Trinajstić information content (AvgIpc) is 2.61. The van der Waals surface area contributed by atoms with E-state index in [9.17, 15) is 4.79 Å². The Morgan fingerprint density at radius 1 is 1.27 bits per heavy atom. The molecule has 0 bridgehead atoms. The molecule has 0 aromatic heterocycles. The largest absolute Gasteiger partial charge is 0.489 e. The lowest BCUT2D eigenvalue weighted by atomic mass is 10.2. The van der Waals surface area contributed by atoms with Crippen molar-refractivity contribution >= 4 is 51.6 Å². The zero-order valence-electron chi connectivity index (χ0n) is 14.1. The number of benzene rings is 2. The summed E-state index contributed by atoms with van der Waals surface area (Å²) in [4.78, 5) is 11.8. The van der Waals surface area contributed by atoms with Crippen LogP contribution in [0, 0.1) is 0 Å². The quantitative estimate of drug-likeness (QED) is 0.480. The van der Waals surface area contributed by atoms with Gasteiger partial charge in [-0.2, -0.15) is 16.9 Å². The molecule has 1 N–H and O–H groups in total. The Morgan fingerprint density at radius 2 is 2.04 bits per heavy atom. The molecule has 0 atom stereocenters. The van der Waals surface area contributed by atoms with Crippen LogP contribution < -0.4 is 10.2 Å². The van der Waals surface area contributed by atoms with Gasteiger partial charge in [-0.3, -0.25) is 4.79 Å². The molecule has 26 heavy (non-hydrogen) atoms. The number of hydrogen-bond donors (Lipinski definition) is 1. The van der Waals surface area contributed by atoms with Crippen molar-refractivity contribution < 1.29 is 9.53 Å². The summed E-state index contributed by atoms with van der Waals surface area (Å²) < 4.78 is 6.86. The molecule has 0 spiro atoms. The predicted octanol–water partition coefficient (Wildman–Crippen LogP) is 4.33. The van der Waals surface area contributed by atoms with Crippen LogP contribution in [0.3, 0.4) is 0 Å². The molecular weight excluding hydrogens is 432 g/mol. The van der Waals surface area contributed by atoms with Crippen molar-refractivity contribution in [3.63, 3.8) is 0 Å². The zero-order chi connectivity index (χ0) is 18.2. The molecule has 1 aliphatic heterocycles.